The third-order valence-corrected chi connectivity index (χ3v) is 11.5. The molecule has 2 aliphatic rings. The zero-order valence-electron chi connectivity index (χ0n) is 27.2. The molecular formula is C45H31N3S. The lowest BCUT2D eigenvalue weighted by Gasteiger charge is -2.39. The van der Waals surface area contributed by atoms with Gasteiger partial charge in [-0.05, 0) is 113 Å². The molecule has 6 aromatic carbocycles. The van der Waals surface area contributed by atoms with Gasteiger partial charge < -0.3 is 0 Å². The lowest BCUT2D eigenvalue weighted by atomic mass is 9.67. The van der Waals surface area contributed by atoms with Gasteiger partial charge in [-0.3, -0.25) is 9.55 Å². The summed E-state index contributed by atoms with van der Waals surface area (Å²) >= 11 is 1.88. The molecular weight excluding hydrogens is 615 g/mol. The van der Waals surface area contributed by atoms with Crippen LogP contribution in [-0.4, -0.2) is 14.5 Å². The van der Waals surface area contributed by atoms with E-state index >= 15 is 0 Å². The van der Waals surface area contributed by atoms with E-state index in [1.54, 1.807) is 0 Å². The quantitative estimate of drug-likeness (QED) is 0.192. The van der Waals surface area contributed by atoms with E-state index in [9.17, 15) is 0 Å². The summed E-state index contributed by atoms with van der Waals surface area (Å²) in [6, 6.07) is 55.6. The molecule has 4 heteroatoms. The topological polar surface area (TPSA) is 30.7 Å². The van der Waals surface area contributed by atoms with E-state index in [1.807, 2.05) is 24.8 Å². The first-order chi connectivity index (χ1) is 24.1. The van der Waals surface area contributed by atoms with Gasteiger partial charge in [0, 0.05) is 32.4 Å². The number of aromatic nitrogens is 3. The highest BCUT2D eigenvalue weighted by atomic mass is 32.2. The van der Waals surface area contributed by atoms with Gasteiger partial charge in [-0.25, -0.2) is 4.98 Å². The van der Waals surface area contributed by atoms with Crippen LogP contribution in [-0.2, 0) is 5.41 Å². The Labute approximate surface area is 290 Å². The van der Waals surface area contributed by atoms with Crippen molar-refractivity contribution in [2.75, 3.05) is 0 Å². The summed E-state index contributed by atoms with van der Waals surface area (Å²) in [5, 5.41) is 0. The number of hydrogen-bond acceptors (Lipinski definition) is 3. The second kappa shape index (κ2) is 10.6. The molecule has 0 atom stereocenters. The van der Waals surface area contributed by atoms with Crippen molar-refractivity contribution >= 4 is 22.8 Å². The monoisotopic (exact) mass is 645 g/mol. The summed E-state index contributed by atoms with van der Waals surface area (Å²) in [7, 11) is 0. The van der Waals surface area contributed by atoms with Crippen LogP contribution in [0, 0.1) is 13.8 Å². The maximum absolute atomic E-state index is 5.10. The molecule has 1 aliphatic carbocycles. The summed E-state index contributed by atoms with van der Waals surface area (Å²) < 4.78 is 2.26. The Morgan fingerprint density at radius 2 is 1.12 bits per heavy atom. The molecule has 232 valence electrons. The van der Waals surface area contributed by atoms with E-state index in [0.717, 1.165) is 39.5 Å². The van der Waals surface area contributed by atoms with Crippen LogP contribution >= 0.6 is 11.8 Å². The Morgan fingerprint density at radius 1 is 0.510 bits per heavy atom. The number of nitrogens with zero attached hydrogens (tertiary/aromatic N) is 3. The fourth-order valence-corrected chi connectivity index (χ4v) is 9.42. The van der Waals surface area contributed by atoms with Gasteiger partial charge in [0.1, 0.15) is 5.82 Å². The predicted molar refractivity (Wildman–Crippen MR) is 201 cm³/mol. The zero-order valence-corrected chi connectivity index (χ0v) is 28.0. The van der Waals surface area contributed by atoms with Gasteiger partial charge in [0.25, 0.3) is 0 Å². The molecule has 1 aliphatic heterocycles. The zero-order chi connectivity index (χ0) is 32.7. The first-order valence-corrected chi connectivity index (χ1v) is 17.6. The molecule has 2 aromatic heterocycles. The number of hydrogen-bond donors (Lipinski definition) is 0. The number of rotatable bonds is 3. The highest BCUT2D eigenvalue weighted by molar-refractivity contribution is 7.99. The standard InChI is InChI=1S/C45H31N3S/c1-28-19-25-33(29(2)46-28)44-47-40-15-7-8-16-41(40)48(44)32-23-20-30(21-24-32)31-22-26-35-34-11-3-4-12-36(34)45(39(35)27-31)37-13-5-9-17-42(37)49-43-18-10-6-14-38(43)45/h3-27H,1-2H3. The SMILES string of the molecule is Cc1ccc(-c2nc3ccccc3n2-c2ccc(-c3ccc4c(c3)C3(c5ccccc5Sc5ccccc53)c3ccccc3-4)cc2)c(C)n1. The minimum atomic E-state index is -0.384. The Kier molecular flexibility index (Phi) is 6.15. The first-order valence-electron chi connectivity index (χ1n) is 16.8. The molecule has 0 saturated carbocycles. The van der Waals surface area contributed by atoms with E-state index in [2.05, 4.69) is 157 Å². The molecule has 0 bridgehead atoms. The van der Waals surface area contributed by atoms with Crippen molar-refractivity contribution in [3.05, 3.63) is 185 Å². The molecule has 10 rings (SSSR count). The predicted octanol–water partition coefficient (Wildman–Crippen LogP) is 11.2. The highest BCUT2D eigenvalue weighted by Gasteiger charge is 2.50. The van der Waals surface area contributed by atoms with Gasteiger partial charge in [0.05, 0.1) is 16.4 Å². The van der Waals surface area contributed by atoms with Crippen LogP contribution in [0.1, 0.15) is 33.6 Å². The van der Waals surface area contributed by atoms with E-state index < -0.39 is 0 Å². The lowest BCUT2D eigenvalue weighted by Crippen LogP contribution is -2.31. The normalized spacial score (nSPS) is 13.6. The fraction of sp³-hybridized carbons (Fsp3) is 0.0667. The van der Waals surface area contributed by atoms with Gasteiger partial charge in [-0.15, -0.1) is 0 Å². The molecule has 0 saturated heterocycles. The largest absolute Gasteiger partial charge is 0.292 e. The maximum Gasteiger partial charge on any atom is 0.147 e. The molecule has 3 nitrogen and oxygen atoms in total. The molecule has 49 heavy (non-hydrogen) atoms. The number of imidazole rings is 1. The molecule has 1 spiro atoms. The van der Waals surface area contributed by atoms with Crippen molar-refractivity contribution in [3.8, 4) is 39.3 Å². The Bertz CT molecular complexity index is 2570. The van der Waals surface area contributed by atoms with Gasteiger partial charge >= 0.3 is 0 Å². The second-order valence-corrected chi connectivity index (χ2v) is 14.1. The molecule has 0 fully saturated rings. The minimum absolute atomic E-state index is 0.384. The Morgan fingerprint density at radius 3 is 1.88 bits per heavy atom. The highest BCUT2D eigenvalue weighted by Crippen LogP contribution is 2.62. The van der Waals surface area contributed by atoms with E-state index in [-0.39, 0.29) is 5.41 Å². The molecule has 8 aromatic rings. The summed E-state index contributed by atoms with van der Waals surface area (Å²) in [4.78, 5) is 12.5. The van der Waals surface area contributed by atoms with Crippen LogP contribution in [0.3, 0.4) is 0 Å². The van der Waals surface area contributed by atoms with Crippen molar-refractivity contribution < 1.29 is 0 Å². The van der Waals surface area contributed by atoms with Crippen LogP contribution in [0.15, 0.2) is 161 Å². The van der Waals surface area contributed by atoms with Crippen molar-refractivity contribution in [2.45, 2.75) is 29.1 Å². The first kappa shape index (κ1) is 28.3. The van der Waals surface area contributed by atoms with E-state index in [1.165, 1.54) is 54.3 Å². The van der Waals surface area contributed by atoms with Crippen molar-refractivity contribution in [1.82, 2.24) is 14.5 Å². The Balaban J connectivity index is 1.15. The van der Waals surface area contributed by atoms with Crippen LogP contribution in [0.4, 0.5) is 0 Å². The van der Waals surface area contributed by atoms with Crippen LogP contribution < -0.4 is 0 Å². The molecule has 0 N–H and O–H groups in total. The van der Waals surface area contributed by atoms with Crippen LogP contribution in [0.2, 0.25) is 0 Å². The van der Waals surface area contributed by atoms with Gasteiger partial charge in [0.15, 0.2) is 0 Å². The maximum atomic E-state index is 5.10. The van der Waals surface area contributed by atoms with Crippen molar-refractivity contribution in [1.29, 1.82) is 0 Å². The summed E-state index contributed by atoms with van der Waals surface area (Å²) in [5.41, 5.74) is 16.2. The smallest absolute Gasteiger partial charge is 0.147 e. The number of pyridine rings is 1. The van der Waals surface area contributed by atoms with Crippen LogP contribution in [0.25, 0.3) is 50.4 Å². The fourth-order valence-electron chi connectivity index (χ4n) is 8.23. The Hall–Kier alpha value is -5.71. The average molecular weight is 646 g/mol. The molecule has 0 amide bonds. The van der Waals surface area contributed by atoms with Gasteiger partial charge in [-0.1, -0.05) is 109 Å². The third kappa shape index (κ3) is 4.04. The average Bonchev–Trinajstić information content (AvgIpc) is 3.66. The third-order valence-electron chi connectivity index (χ3n) is 10.3. The number of fused-ring (bicyclic) bond motifs is 10. The number of para-hydroxylation sites is 2. The summed E-state index contributed by atoms with van der Waals surface area (Å²) in [6.07, 6.45) is 0. The number of benzene rings is 6. The number of aryl methyl sites for hydroxylation is 2. The minimum Gasteiger partial charge on any atom is -0.292 e. The molecule has 0 unspecified atom stereocenters. The van der Waals surface area contributed by atoms with Gasteiger partial charge in [-0.2, -0.15) is 0 Å². The van der Waals surface area contributed by atoms with Crippen molar-refractivity contribution in [3.63, 3.8) is 0 Å². The van der Waals surface area contributed by atoms with E-state index in [0.29, 0.717) is 0 Å². The van der Waals surface area contributed by atoms with Gasteiger partial charge in [0.2, 0.25) is 0 Å². The molecule has 0 radical (unpaired) electrons. The van der Waals surface area contributed by atoms with E-state index in [4.69, 9.17) is 9.97 Å². The molecule has 3 heterocycles. The second-order valence-electron chi connectivity index (χ2n) is 13.0. The van der Waals surface area contributed by atoms with Crippen LogP contribution in [0.5, 0.6) is 0 Å². The van der Waals surface area contributed by atoms with Crippen molar-refractivity contribution in [2.24, 2.45) is 0 Å². The lowest BCUT2D eigenvalue weighted by molar-refractivity contribution is 0.722. The summed E-state index contributed by atoms with van der Waals surface area (Å²) in [6.45, 7) is 4.10. The summed E-state index contributed by atoms with van der Waals surface area (Å²) in [5.74, 6) is 0.906.